The summed E-state index contributed by atoms with van der Waals surface area (Å²) in [5, 5.41) is 1.06. The summed E-state index contributed by atoms with van der Waals surface area (Å²) in [6.07, 6.45) is -4.20. The van der Waals surface area contributed by atoms with Crippen LogP contribution in [0.15, 0.2) is 24.3 Å². The Bertz CT molecular complexity index is 879. The third kappa shape index (κ3) is 13.1. The molecule has 14 heteroatoms. The Labute approximate surface area is 237 Å². The molecule has 0 bridgehead atoms. The van der Waals surface area contributed by atoms with Crippen LogP contribution in [0.4, 0.5) is 18.9 Å². The van der Waals surface area contributed by atoms with Gasteiger partial charge in [-0.2, -0.15) is 13.2 Å². The molecule has 0 fully saturated rings. The number of carbonyl (C=O) groups is 1. The number of carbonyl (C=O) groups excluding carboxylic acids is 1. The van der Waals surface area contributed by atoms with Crippen LogP contribution in [0.2, 0.25) is 56.4 Å². The number of anilines is 1. The quantitative estimate of drug-likeness (QED) is 0.180. The zero-order valence-corrected chi connectivity index (χ0v) is 29.0. The molecule has 0 aromatic heterocycles. The minimum Gasteiger partial charge on any atom is -0.432 e. The van der Waals surface area contributed by atoms with Crippen molar-refractivity contribution in [2.75, 3.05) is 39.9 Å². The maximum absolute atomic E-state index is 12.7. The van der Waals surface area contributed by atoms with Crippen LogP contribution >= 0.6 is 0 Å². The third-order valence-corrected chi connectivity index (χ3v) is 19.2. The molecule has 2 atom stereocenters. The molecule has 0 aliphatic carbocycles. The summed E-state index contributed by atoms with van der Waals surface area (Å²) >= 11 is 0. The van der Waals surface area contributed by atoms with Gasteiger partial charge in [-0.05, 0) is 49.8 Å². The fraction of sp³-hybridized carbons (Fsp3) is 0.720. The fourth-order valence-corrected chi connectivity index (χ4v) is 16.5. The van der Waals surface area contributed by atoms with Crippen LogP contribution < -0.4 is 10.1 Å². The van der Waals surface area contributed by atoms with Gasteiger partial charge < -0.3 is 27.4 Å². The highest BCUT2D eigenvalue weighted by molar-refractivity contribution is 6.91. The molecule has 1 amide bonds. The first-order valence-corrected chi connectivity index (χ1v) is 23.9. The number of amides is 1. The first-order valence-electron chi connectivity index (χ1n) is 13.4. The van der Waals surface area contributed by atoms with Crippen molar-refractivity contribution in [3.63, 3.8) is 0 Å². The fourth-order valence-electron chi connectivity index (χ4n) is 4.33. The zero-order valence-electron chi connectivity index (χ0n) is 24.8. The highest BCUT2D eigenvalue weighted by Gasteiger charge is 2.38. The van der Waals surface area contributed by atoms with E-state index in [0.717, 1.165) is 53.1 Å². The molecule has 1 N–H and O–H groups in total. The second-order valence-electron chi connectivity index (χ2n) is 11.1. The van der Waals surface area contributed by atoms with Crippen LogP contribution in [-0.4, -0.2) is 86.1 Å². The van der Waals surface area contributed by atoms with Gasteiger partial charge in [0.05, 0.1) is 8.07 Å². The van der Waals surface area contributed by atoms with Gasteiger partial charge in [-0.1, -0.05) is 42.9 Å². The Hall–Kier alpha value is -0.852. The van der Waals surface area contributed by atoms with Crippen LogP contribution in [0.3, 0.4) is 0 Å². The van der Waals surface area contributed by atoms with E-state index in [1.807, 2.05) is 18.7 Å². The maximum atomic E-state index is 12.7. The number of hydrogen-bond donors (Lipinski definition) is 1. The zero-order chi connectivity index (χ0) is 29.9. The van der Waals surface area contributed by atoms with E-state index in [1.54, 1.807) is 33.5 Å². The molecule has 0 radical (unpaired) electrons. The topological polar surface area (TPSA) is 77.5 Å². The molecular weight excluding hydrogens is 580 g/mol. The van der Waals surface area contributed by atoms with E-state index in [1.165, 1.54) is 7.05 Å². The lowest BCUT2D eigenvalue weighted by molar-refractivity contribution is -0.151. The Balaban J connectivity index is 2.53. The maximum Gasteiger partial charge on any atom is 0.499 e. The van der Waals surface area contributed by atoms with Crippen molar-refractivity contribution in [1.82, 2.24) is 0 Å². The van der Waals surface area contributed by atoms with Gasteiger partial charge in [0.1, 0.15) is 6.42 Å². The molecule has 1 aromatic rings. The molecule has 226 valence electrons. The first kappa shape index (κ1) is 36.2. The molecule has 0 spiro atoms. The summed E-state index contributed by atoms with van der Waals surface area (Å²) in [5.74, 6) is -0.981. The summed E-state index contributed by atoms with van der Waals surface area (Å²) in [5.41, 5.74) is 0.462. The Morgan fingerprint density at radius 1 is 1.00 bits per heavy atom. The van der Waals surface area contributed by atoms with Crippen molar-refractivity contribution >= 4 is 51.0 Å². The Morgan fingerprint density at radius 2 is 1.62 bits per heavy atom. The summed E-state index contributed by atoms with van der Waals surface area (Å²) in [4.78, 5) is 24.3. The summed E-state index contributed by atoms with van der Waals surface area (Å²) < 4.78 is 60.5. The normalized spacial score (nSPS) is 15.2. The Kier molecular flexibility index (Phi) is 14.8. The van der Waals surface area contributed by atoms with Gasteiger partial charge in [0, 0.05) is 46.7 Å². The number of rotatable bonds is 18. The van der Waals surface area contributed by atoms with Crippen LogP contribution in [0, 0.1) is 0 Å². The van der Waals surface area contributed by atoms with E-state index in [2.05, 4.69) is 19.6 Å². The average Bonchev–Trinajstić information content (AvgIpc) is 2.87. The van der Waals surface area contributed by atoms with Gasteiger partial charge in [0.2, 0.25) is 5.91 Å². The largest absolute Gasteiger partial charge is 0.499 e. The van der Waals surface area contributed by atoms with Crippen molar-refractivity contribution in [2.45, 2.75) is 81.8 Å². The van der Waals surface area contributed by atoms with Gasteiger partial charge in [-0.3, -0.25) is 4.79 Å². The van der Waals surface area contributed by atoms with Crippen LogP contribution in [0.5, 0.6) is 0 Å². The molecule has 2 unspecified atom stereocenters. The molecular formula is C25H48F3NO6Si4. The summed E-state index contributed by atoms with van der Waals surface area (Å²) in [6, 6.07) is 11.4. The highest BCUT2D eigenvalue weighted by Crippen LogP contribution is 2.26. The molecule has 0 heterocycles. The second kappa shape index (κ2) is 16.0. The number of unbranched alkanes of at least 4 members (excludes halogenated alkanes) is 1. The number of alkyl halides is 3. The van der Waals surface area contributed by atoms with E-state index in [4.69, 9.17) is 17.7 Å². The molecule has 0 aliphatic rings. The van der Waals surface area contributed by atoms with Crippen molar-refractivity contribution < 1.29 is 40.5 Å². The molecule has 39 heavy (non-hydrogen) atoms. The lowest BCUT2D eigenvalue weighted by Gasteiger charge is -2.29. The van der Waals surface area contributed by atoms with Crippen molar-refractivity contribution in [1.29, 1.82) is 0 Å². The van der Waals surface area contributed by atoms with Crippen molar-refractivity contribution in [3.05, 3.63) is 24.3 Å². The van der Waals surface area contributed by atoms with Gasteiger partial charge in [-0.25, -0.2) is 0 Å². The molecule has 0 saturated carbocycles. The number of benzene rings is 1. The molecule has 1 rings (SSSR count). The minimum atomic E-state index is -4.54. The van der Waals surface area contributed by atoms with E-state index in [-0.39, 0.29) is 0 Å². The van der Waals surface area contributed by atoms with Crippen LogP contribution in [0.1, 0.15) is 19.3 Å². The predicted octanol–water partition coefficient (Wildman–Crippen LogP) is 5.11. The monoisotopic (exact) mass is 627 g/mol. The minimum absolute atomic E-state index is 0.462. The van der Waals surface area contributed by atoms with Gasteiger partial charge in [0.15, 0.2) is 17.4 Å². The molecule has 0 aliphatic heterocycles. The standard InChI is InChI=1S/C25H48F3NO6Si4/c1-29(24(30)21-25(26,27)28)22-12-11-13-23(20-22)37(6,7)18-19-38(8,31)16-10-9-14-35-36(5)15-17-39(32-2,33-3)34-4/h11-13,20,31,36H,9-10,14-19,21H2,1-8H3. The third-order valence-electron chi connectivity index (χ3n) is 7.33. The van der Waals surface area contributed by atoms with Gasteiger partial charge in [-0.15, -0.1) is 0 Å². The number of halogens is 3. The van der Waals surface area contributed by atoms with Crippen LogP contribution in [-0.2, 0) is 22.5 Å². The second-order valence-corrected chi connectivity index (χ2v) is 25.6. The number of nitrogens with zero attached hydrogens (tertiary/aromatic N) is 1. The number of hydrogen-bond acceptors (Lipinski definition) is 6. The summed E-state index contributed by atoms with van der Waals surface area (Å²) in [7, 11) is -2.08. The van der Waals surface area contributed by atoms with Gasteiger partial charge >= 0.3 is 15.0 Å². The average molecular weight is 628 g/mol. The molecule has 1 aromatic carbocycles. The lowest BCUT2D eigenvalue weighted by atomic mass is 10.2. The van der Waals surface area contributed by atoms with Gasteiger partial charge in [0.25, 0.3) is 0 Å². The first-order chi connectivity index (χ1) is 18.0. The molecule has 7 nitrogen and oxygen atoms in total. The van der Waals surface area contributed by atoms with Crippen LogP contribution in [0.25, 0.3) is 0 Å². The molecule has 0 saturated heterocycles. The summed E-state index contributed by atoms with van der Waals surface area (Å²) in [6.45, 7) is 9.24. The van der Waals surface area contributed by atoms with E-state index in [9.17, 15) is 22.8 Å². The van der Waals surface area contributed by atoms with E-state index >= 15 is 0 Å². The van der Waals surface area contributed by atoms with Crippen molar-refractivity contribution in [3.8, 4) is 0 Å². The lowest BCUT2D eigenvalue weighted by Crippen LogP contribution is -2.44. The Morgan fingerprint density at radius 3 is 2.18 bits per heavy atom. The highest BCUT2D eigenvalue weighted by atomic mass is 28.4. The van der Waals surface area contributed by atoms with E-state index in [0.29, 0.717) is 12.3 Å². The van der Waals surface area contributed by atoms with E-state index < -0.39 is 52.7 Å². The smallest absolute Gasteiger partial charge is 0.432 e. The van der Waals surface area contributed by atoms with Crippen molar-refractivity contribution in [2.24, 2.45) is 0 Å². The SMILES string of the molecule is CO[Si](CC[SiH](C)OCCCC[Si](C)(O)CC[Si](C)(C)c1cccc(N(C)C(=O)CC(F)(F)F)c1)(OC)OC. The predicted molar refractivity (Wildman–Crippen MR) is 160 cm³/mol.